The van der Waals surface area contributed by atoms with Crippen LogP contribution in [0.1, 0.15) is 40.6 Å². The third kappa shape index (κ3) is 3.14. The molecule has 0 aromatic carbocycles. The van der Waals surface area contributed by atoms with Crippen LogP contribution in [0.15, 0.2) is 16.8 Å². The van der Waals surface area contributed by atoms with Crippen LogP contribution in [0.25, 0.3) is 0 Å². The lowest BCUT2D eigenvalue weighted by Crippen LogP contribution is -2.51. The lowest BCUT2D eigenvalue weighted by atomic mass is 9.89. The fourth-order valence-corrected chi connectivity index (χ4v) is 3.25. The molecule has 0 aliphatic carbocycles. The Balaban J connectivity index is 1.76. The van der Waals surface area contributed by atoms with Gasteiger partial charge in [-0.15, -0.1) is 0 Å². The number of carbonyl (C=O) groups is 1. The maximum Gasteiger partial charge on any atom is 0.270 e. The Morgan fingerprint density at radius 1 is 1.48 bits per heavy atom. The van der Waals surface area contributed by atoms with Crippen LogP contribution in [0, 0.1) is 13.8 Å². The lowest BCUT2D eigenvalue weighted by molar-refractivity contribution is -0.0289. The van der Waals surface area contributed by atoms with E-state index in [1.165, 1.54) is 0 Å². The minimum atomic E-state index is -1.02. The van der Waals surface area contributed by atoms with Crippen molar-refractivity contribution in [2.45, 2.75) is 38.7 Å². The third-order valence-corrected chi connectivity index (χ3v) is 4.37. The zero-order valence-corrected chi connectivity index (χ0v) is 13.7. The standard InChI is InChI=1S/C16H22N4O3/c1-11-5-8-19(3)14(11)15(21)20-7-4-6-16(22,10-20)9-13-17-12(2)18-23-13/h5,8,22H,4,6-7,9-10H2,1-3H3. The number of aryl methyl sites for hydroxylation is 3. The third-order valence-electron chi connectivity index (χ3n) is 4.37. The normalized spacial score (nSPS) is 21.7. The molecule has 7 nitrogen and oxygen atoms in total. The Kier molecular flexibility index (Phi) is 3.97. The van der Waals surface area contributed by atoms with E-state index in [1.807, 2.05) is 30.8 Å². The fourth-order valence-electron chi connectivity index (χ4n) is 3.25. The lowest BCUT2D eigenvalue weighted by Gasteiger charge is -2.38. The summed E-state index contributed by atoms with van der Waals surface area (Å²) in [7, 11) is 1.86. The first kappa shape index (κ1) is 15.7. The minimum Gasteiger partial charge on any atom is -0.388 e. The molecule has 124 valence electrons. The van der Waals surface area contributed by atoms with E-state index in [0.29, 0.717) is 30.4 Å². The molecule has 1 atom stereocenters. The number of aliphatic hydroxyl groups is 1. The zero-order valence-electron chi connectivity index (χ0n) is 13.7. The van der Waals surface area contributed by atoms with Crippen molar-refractivity contribution in [3.8, 4) is 0 Å². The Morgan fingerprint density at radius 3 is 2.87 bits per heavy atom. The van der Waals surface area contributed by atoms with E-state index < -0.39 is 5.60 Å². The molecule has 1 saturated heterocycles. The molecule has 23 heavy (non-hydrogen) atoms. The van der Waals surface area contributed by atoms with Gasteiger partial charge >= 0.3 is 0 Å². The molecule has 3 rings (SSSR count). The van der Waals surface area contributed by atoms with Gasteiger partial charge in [0.25, 0.3) is 5.91 Å². The molecule has 2 aromatic rings. The second-order valence-electron chi connectivity index (χ2n) is 6.42. The van der Waals surface area contributed by atoms with E-state index in [1.54, 1.807) is 11.8 Å². The molecule has 0 bridgehead atoms. The predicted octanol–water partition coefficient (Wildman–Crippen LogP) is 1.23. The first-order valence-corrected chi connectivity index (χ1v) is 7.81. The summed E-state index contributed by atoms with van der Waals surface area (Å²) in [5.74, 6) is 0.913. The SMILES string of the molecule is Cc1noc(CC2(O)CCCN(C(=O)c3c(C)ccn3C)C2)n1. The van der Waals surface area contributed by atoms with Crippen molar-refractivity contribution in [3.63, 3.8) is 0 Å². The second-order valence-corrected chi connectivity index (χ2v) is 6.42. The van der Waals surface area contributed by atoms with Crippen molar-refractivity contribution in [3.05, 3.63) is 35.2 Å². The van der Waals surface area contributed by atoms with Gasteiger partial charge in [-0.05, 0) is 38.3 Å². The summed E-state index contributed by atoms with van der Waals surface area (Å²) < 4.78 is 6.94. The Morgan fingerprint density at radius 2 is 2.26 bits per heavy atom. The molecular formula is C16H22N4O3. The van der Waals surface area contributed by atoms with Gasteiger partial charge in [-0.25, -0.2) is 0 Å². The monoisotopic (exact) mass is 318 g/mol. The van der Waals surface area contributed by atoms with E-state index in [9.17, 15) is 9.90 Å². The van der Waals surface area contributed by atoms with Crippen molar-refractivity contribution in [1.29, 1.82) is 0 Å². The van der Waals surface area contributed by atoms with E-state index in [4.69, 9.17) is 4.52 Å². The van der Waals surface area contributed by atoms with Crippen molar-refractivity contribution in [2.75, 3.05) is 13.1 Å². The van der Waals surface area contributed by atoms with Crippen LogP contribution in [0.2, 0.25) is 0 Å². The largest absolute Gasteiger partial charge is 0.388 e. The molecular weight excluding hydrogens is 296 g/mol. The number of likely N-dealkylation sites (tertiary alicyclic amines) is 1. The predicted molar refractivity (Wildman–Crippen MR) is 83.0 cm³/mol. The van der Waals surface area contributed by atoms with Crippen molar-refractivity contribution < 1.29 is 14.4 Å². The summed E-state index contributed by atoms with van der Waals surface area (Å²) in [6.07, 6.45) is 3.51. The molecule has 1 aliphatic rings. The van der Waals surface area contributed by atoms with Gasteiger partial charge in [0, 0.05) is 19.8 Å². The van der Waals surface area contributed by atoms with Crippen LogP contribution in [0.4, 0.5) is 0 Å². The van der Waals surface area contributed by atoms with Gasteiger partial charge in [-0.2, -0.15) is 4.98 Å². The number of nitrogens with zero attached hydrogens (tertiary/aromatic N) is 4. The smallest absolute Gasteiger partial charge is 0.270 e. The number of hydrogen-bond acceptors (Lipinski definition) is 5. The molecule has 7 heteroatoms. The van der Waals surface area contributed by atoms with Crippen LogP contribution in [0.5, 0.6) is 0 Å². The molecule has 1 amide bonds. The van der Waals surface area contributed by atoms with Gasteiger partial charge in [-0.1, -0.05) is 5.16 Å². The van der Waals surface area contributed by atoms with Crippen LogP contribution in [-0.4, -0.2) is 49.3 Å². The summed E-state index contributed by atoms with van der Waals surface area (Å²) in [5, 5.41) is 14.6. The molecule has 0 radical (unpaired) electrons. The van der Waals surface area contributed by atoms with Gasteiger partial charge in [0.05, 0.1) is 18.6 Å². The topological polar surface area (TPSA) is 84.4 Å². The minimum absolute atomic E-state index is 0.0464. The second kappa shape index (κ2) is 5.81. The fraction of sp³-hybridized carbons (Fsp3) is 0.562. The van der Waals surface area contributed by atoms with Crippen LogP contribution >= 0.6 is 0 Å². The highest BCUT2D eigenvalue weighted by Crippen LogP contribution is 2.26. The number of β-amino-alcohol motifs (C(OH)–C–C–N with tert-alkyl or cyclic N) is 1. The molecule has 0 saturated carbocycles. The number of rotatable bonds is 3. The van der Waals surface area contributed by atoms with E-state index in [-0.39, 0.29) is 18.9 Å². The molecule has 1 unspecified atom stereocenters. The van der Waals surface area contributed by atoms with Gasteiger partial charge in [0.1, 0.15) is 5.69 Å². The summed E-state index contributed by atoms with van der Waals surface area (Å²) in [5.41, 5.74) is 0.591. The number of carbonyl (C=O) groups excluding carboxylic acids is 1. The average molecular weight is 318 g/mol. The van der Waals surface area contributed by atoms with Crippen LogP contribution < -0.4 is 0 Å². The van der Waals surface area contributed by atoms with Crippen molar-refractivity contribution in [2.24, 2.45) is 7.05 Å². The van der Waals surface area contributed by atoms with Gasteiger partial charge < -0.3 is 19.1 Å². The van der Waals surface area contributed by atoms with E-state index in [0.717, 1.165) is 12.0 Å². The Bertz CT molecular complexity index is 701. The molecule has 1 aliphatic heterocycles. The molecule has 3 heterocycles. The number of hydrogen-bond donors (Lipinski definition) is 1. The van der Waals surface area contributed by atoms with Gasteiger partial charge in [0.15, 0.2) is 5.82 Å². The highest BCUT2D eigenvalue weighted by atomic mass is 16.5. The number of piperidine rings is 1. The average Bonchev–Trinajstić information content (AvgIpc) is 3.03. The summed E-state index contributed by atoms with van der Waals surface area (Å²) >= 11 is 0. The number of amides is 1. The first-order valence-electron chi connectivity index (χ1n) is 7.81. The first-order chi connectivity index (χ1) is 10.9. The van der Waals surface area contributed by atoms with Crippen LogP contribution in [0.3, 0.4) is 0 Å². The van der Waals surface area contributed by atoms with Gasteiger partial charge in [-0.3, -0.25) is 4.79 Å². The highest BCUT2D eigenvalue weighted by molar-refractivity contribution is 5.94. The highest BCUT2D eigenvalue weighted by Gasteiger charge is 2.37. The van der Waals surface area contributed by atoms with E-state index >= 15 is 0 Å². The molecule has 1 fully saturated rings. The quantitative estimate of drug-likeness (QED) is 0.920. The summed E-state index contributed by atoms with van der Waals surface area (Å²) in [6.45, 7) is 4.59. The molecule has 2 aromatic heterocycles. The molecule has 0 spiro atoms. The summed E-state index contributed by atoms with van der Waals surface area (Å²) in [6, 6.07) is 1.92. The maximum absolute atomic E-state index is 12.8. The Labute approximate surface area is 134 Å². The zero-order chi connectivity index (χ0) is 16.6. The number of aromatic nitrogens is 3. The van der Waals surface area contributed by atoms with Crippen molar-refractivity contribution >= 4 is 5.91 Å². The maximum atomic E-state index is 12.8. The van der Waals surface area contributed by atoms with Gasteiger partial charge in [0.2, 0.25) is 5.89 Å². The van der Waals surface area contributed by atoms with Crippen molar-refractivity contribution in [1.82, 2.24) is 19.6 Å². The van der Waals surface area contributed by atoms with E-state index in [2.05, 4.69) is 10.1 Å². The van der Waals surface area contributed by atoms with Crippen LogP contribution in [-0.2, 0) is 13.5 Å². The summed E-state index contributed by atoms with van der Waals surface area (Å²) in [4.78, 5) is 18.7. The molecule has 1 N–H and O–H groups in total. The Hall–Kier alpha value is -2.15.